The Kier molecular flexibility index (Phi) is 5.55. The first-order valence-corrected chi connectivity index (χ1v) is 8.27. The van der Waals surface area contributed by atoms with Gasteiger partial charge in [0.2, 0.25) is 0 Å². The summed E-state index contributed by atoms with van der Waals surface area (Å²) in [6.45, 7) is 1.71. The number of rotatable bonds is 5. The van der Waals surface area contributed by atoms with E-state index in [1.54, 1.807) is 13.3 Å². The lowest BCUT2D eigenvalue weighted by Crippen LogP contribution is -2.36. The quantitative estimate of drug-likeness (QED) is 0.899. The highest BCUT2D eigenvalue weighted by molar-refractivity contribution is 5.38. The van der Waals surface area contributed by atoms with Crippen LogP contribution in [0.3, 0.4) is 0 Å². The molecule has 1 aromatic heterocycles. The Labute approximate surface area is 145 Å². The fourth-order valence-electron chi connectivity index (χ4n) is 3.20. The smallest absolute Gasteiger partial charge is 0.156 e. The Bertz CT molecular complexity index is 721. The number of aliphatic hydroxyl groups excluding tert-OH is 1. The van der Waals surface area contributed by atoms with Gasteiger partial charge in [-0.15, -0.1) is 0 Å². The van der Waals surface area contributed by atoms with E-state index < -0.39 is 17.7 Å². The van der Waals surface area contributed by atoms with E-state index in [1.807, 2.05) is 6.07 Å². The molecule has 2 heterocycles. The molecule has 2 aromatic rings. The van der Waals surface area contributed by atoms with Crippen LogP contribution in [-0.4, -0.2) is 35.3 Å². The SMILES string of the molecule is COCc1nccc(N2CCC(C(O)c3cc(F)ccc3F)CC2)n1. The van der Waals surface area contributed by atoms with Crippen LogP contribution in [0.1, 0.15) is 30.3 Å². The standard InChI is InChI=1S/C18H21F2N3O2/c1-25-11-16-21-7-4-17(22-16)23-8-5-12(6-9-23)18(24)14-10-13(19)2-3-15(14)20/h2-4,7,10,12,18,24H,5-6,8-9,11H2,1H3. The zero-order valence-corrected chi connectivity index (χ0v) is 14.0. The van der Waals surface area contributed by atoms with Gasteiger partial charge >= 0.3 is 0 Å². The van der Waals surface area contributed by atoms with E-state index in [1.165, 1.54) is 0 Å². The van der Waals surface area contributed by atoms with Crippen LogP contribution < -0.4 is 4.90 Å². The molecule has 25 heavy (non-hydrogen) atoms. The molecule has 1 N–H and O–H groups in total. The molecule has 7 heteroatoms. The fourth-order valence-corrected chi connectivity index (χ4v) is 3.20. The fraction of sp³-hybridized carbons (Fsp3) is 0.444. The number of anilines is 1. The van der Waals surface area contributed by atoms with Crippen molar-refractivity contribution in [2.45, 2.75) is 25.6 Å². The second-order valence-electron chi connectivity index (χ2n) is 6.20. The second kappa shape index (κ2) is 7.84. The summed E-state index contributed by atoms with van der Waals surface area (Å²) >= 11 is 0. The molecule has 3 rings (SSSR count). The van der Waals surface area contributed by atoms with E-state index >= 15 is 0 Å². The van der Waals surface area contributed by atoms with Crippen molar-refractivity contribution in [3.8, 4) is 0 Å². The molecule has 1 unspecified atom stereocenters. The number of benzene rings is 1. The molecule has 0 aliphatic carbocycles. The number of hydrogen-bond donors (Lipinski definition) is 1. The largest absolute Gasteiger partial charge is 0.388 e. The minimum absolute atomic E-state index is 0.0304. The number of ether oxygens (including phenoxy) is 1. The van der Waals surface area contributed by atoms with E-state index in [4.69, 9.17) is 4.74 Å². The number of hydrogen-bond acceptors (Lipinski definition) is 5. The summed E-state index contributed by atoms with van der Waals surface area (Å²) in [5, 5.41) is 10.5. The number of methoxy groups -OCH3 is 1. The van der Waals surface area contributed by atoms with Gasteiger partial charge in [-0.25, -0.2) is 18.7 Å². The first kappa shape index (κ1) is 17.7. The van der Waals surface area contributed by atoms with E-state index in [0.717, 1.165) is 24.0 Å². The van der Waals surface area contributed by atoms with E-state index in [9.17, 15) is 13.9 Å². The van der Waals surface area contributed by atoms with Gasteiger partial charge < -0.3 is 14.7 Å². The van der Waals surface area contributed by atoms with Crippen molar-refractivity contribution in [1.29, 1.82) is 0 Å². The molecular weight excluding hydrogens is 328 g/mol. The Balaban J connectivity index is 1.65. The van der Waals surface area contributed by atoms with Gasteiger partial charge in [-0.3, -0.25) is 0 Å². The number of halogens is 2. The van der Waals surface area contributed by atoms with Crippen molar-refractivity contribution >= 4 is 5.82 Å². The lowest BCUT2D eigenvalue weighted by molar-refractivity contribution is 0.0891. The predicted molar refractivity (Wildman–Crippen MR) is 89.0 cm³/mol. The maximum atomic E-state index is 13.9. The second-order valence-corrected chi connectivity index (χ2v) is 6.20. The summed E-state index contributed by atoms with van der Waals surface area (Å²) in [5.74, 6) is 0.194. The third kappa shape index (κ3) is 4.11. The van der Waals surface area contributed by atoms with Crippen LogP contribution in [0.5, 0.6) is 0 Å². The number of nitrogens with zero attached hydrogens (tertiary/aromatic N) is 3. The Morgan fingerprint density at radius 1 is 1.28 bits per heavy atom. The van der Waals surface area contributed by atoms with E-state index in [2.05, 4.69) is 14.9 Å². The van der Waals surface area contributed by atoms with Gasteiger partial charge in [0.25, 0.3) is 0 Å². The molecule has 1 atom stereocenters. The minimum Gasteiger partial charge on any atom is -0.388 e. The third-order valence-corrected chi connectivity index (χ3v) is 4.55. The Morgan fingerprint density at radius 3 is 2.76 bits per heavy atom. The first-order valence-electron chi connectivity index (χ1n) is 8.27. The van der Waals surface area contributed by atoms with Crippen molar-refractivity contribution in [3.63, 3.8) is 0 Å². The third-order valence-electron chi connectivity index (χ3n) is 4.55. The van der Waals surface area contributed by atoms with Crippen molar-refractivity contribution in [1.82, 2.24) is 9.97 Å². The highest BCUT2D eigenvalue weighted by Gasteiger charge is 2.28. The Morgan fingerprint density at radius 2 is 2.04 bits per heavy atom. The molecule has 5 nitrogen and oxygen atoms in total. The molecule has 0 bridgehead atoms. The molecule has 1 aromatic carbocycles. The van der Waals surface area contributed by atoms with Gasteiger partial charge in [-0.2, -0.15) is 0 Å². The lowest BCUT2D eigenvalue weighted by atomic mass is 9.87. The number of aliphatic hydroxyl groups is 1. The van der Waals surface area contributed by atoms with Crippen LogP contribution in [0, 0.1) is 17.6 Å². The van der Waals surface area contributed by atoms with Crippen LogP contribution in [0.25, 0.3) is 0 Å². The molecule has 0 radical (unpaired) electrons. The zero-order valence-electron chi connectivity index (χ0n) is 14.0. The van der Waals surface area contributed by atoms with Gasteiger partial charge in [0.05, 0.1) is 6.10 Å². The van der Waals surface area contributed by atoms with Gasteiger partial charge in [-0.05, 0) is 43.0 Å². The monoisotopic (exact) mass is 349 g/mol. The van der Waals surface area contributed by atoms with Gasteiger partial charge in [0.15, 0.2) is 5.82 Å². The van der Waals surface area contributed by atoms with E-state index in [-0.39, 0.29) is 11.5 Å². The Hall–Kier alpha value is -2.12. The van der Waals surface area contributed by atoms with Crippen molar-refractivity contribution < 1.29 is 18.6 Å². The van der Waals surface area contributed by atoms with Crippen molar-refractivity contribution in [3.05, 3.63) is 53.5 Å². The van der Waals surface area contributed by atoms with Crippen LogP contribution >= 0.6 is 0 Å². The van der Waals surface area contributed by atoms with Crippen LogP contribution in [-0.2, 0) is 11.3 Å². The molecule has 1 aliphatic heterocycles. The number of aromatic nitrogens is 2. The zero-order chi connectivity index (χ0) is 17.8. The molecule has 1 saturated heterocycles. The summed E-state index contributed by atoms with van der Waals surface area (Å²) in [6, 6.07) is 5.03. The molecule has 0 saturated carbocycles. The average Bonchev–Trinajstić information content (AvgIpc) is 2.64. The summed E-state index contributed by atoms with van der Waals surface area (Å²) in [5.41, 5.74) is 0.0304. The van der Waals surface area contributed by atoms with Gasteiger partial charge in [0, 0.05) is 32.0 Å². The summed E-state index contributed by atoms with van der Waals surface area (Å²) in [7, 11) is 1.59. The molecule has 0 amide bonds. The maximum Gasteiger partial charge on any atom is 0.156 e. The van der Waals surface area contributed by atoms with Gasteiger partial charge in [-0.1, -0.05) is 0 Å². The summed E-state index contributed by atoms with van der Waals surface area (Å²) < 4.78 is 32.3. The minimum atomic E-state index is -1.01. The van der Waals surface area contributed by atoms with Crippen LogP contribution in [0.2, 0.25) is 0 Å². The highest BCUT2D eigenvalue weighted by Crippen LogP contribution is 2.33. The molecule has 134 valence electrons. The van der Waals surface area contributed by atoms with Crippen LogP contribution in [0.4, 0.5) is 14.6 Å². The average molecular weight is 349 g/mol. The van der Waals surface area contributed by atoms with Gasteiger partial charge in [0.1, 0.15) is 24.1 Å². The van der Waals surface area contributed by atoms with E-state index in [0.29, 0.717) is 38.4 Å². The maximum absolute atomic E-state index is 13.9. The number of piperidine rings is 1. The topological polar surface area (TPSA) is 58.5 Å². The molecule has 0 spiro atoms. The molecule has 1 aliphatic rings. The lowest BCUT2D eigenvalue weighted by Gasteiger charge is -2.35. The molecular formula is C18H21F2N3O2. The first-order chi connectivity index (χ1) is 12.1. The summed E-state index contributed by atoms with van der Waals surface area (Å²) in [6.07, 6.45) is 2.02. The normalized spacial score (nSPS) is 16.9. The summed E-state index contributed by atoms with van der Waals surface area (Å²) in [4.78, 5) is 10.7. The predicted octanol–water partition coefficient (Wildman–Crippen LogP) is 2.85. The van der Waals surface area contributed by atoms with Crippen molar-refractivity contribution in [2.24, 2.45) is 5.92 Å². The van der Waals surface area contributed by atoms with Crippen LogP contribution in [0.15, 0.2) is 30.5 Å². The molecule has 1 fully saturated rings. The van der Waals surface area contributed by atoms with Crippen molar-refractivity contribution in [2.75, 3.05) is 25.1 Å². The highest BCUT2D eigenvalue weighted by atomic mass is 19.1.